The van der Waals surface area contributed by atoms with Gasteiger partial charge in [-0.3, -0.25) is 9.47 Å². The molecule has 8 nitrogen and oxygen atoms in total. The average molecular weight is 498 g/mol. The van der Waals surface area contributed by atoms with Crippen molar-refractivity contribution in [3.63, 3.8) is 0 Å². The molecule has 1 fully saturated rings. The summed E-state index contributed by atoms with van der Waals surface area (Å²) in [5.74, 6) is 4.02. The second-order valence-electron chi connectivity index (χ2n) is 10.7. The van der Waals surface area contributed by atoms with E-state index in [-0.39, 0.29) is 12.0 Å². The molecule has 3 aromatic rings. The number of carbonyl (C=O) groups is 1. The molecule has 3 heterocycles. The van der Waals surface area contributed by atoms with Crippen molar-refractivity contribution in [1.82, 2.24) is 24.6 Å². The number of aromatic nitrogens is 4. The second kappa shape index (κ2) is 8.97. The van der Waals surface area contributed by atoms with Crippen LogP contribution in [0.4, 0.5) is 4.79 Å². The van der Waals surface area contributed by atoms with E-state index in [4.69, 9.17) is 20.8 Å². The van der Waals surface area contributed by atoms with E-state index in [0.717, 1.165) is 65.9 Å². The Hall–Kier alpha value is -2.87. The van der Waals surface area contributed by atoms with Crippen molar-refractivity contribution in [1.29, 1.82) is 0 Å². The van der Waals surface area contributed by atoms with E-state index in [0.29, 0.717) is 24.0 Å². The SMILES string of the molecule is Cc1nc(C2CCC(c3nnc4n3-c3ccc(Cl)cc3CN(C(=O)OC(C)(C)C)C4)CC2)oc1C. The summed E-state index contributed by atoms with van der Waals surface area (Å²) in [6.45, 7) is 10.3. The van der Waals surface area contributed by atoms with E-state index >= 15 is 0 Å². The molecule has 1 amide bonds. The summed E-state index contributed by atoms with van der Waals surface area (Å²) < 4.78 is 13.7. The van der Waals surface area contributed by atoms with Crippen molar-refractivity contribution in [2.75, 3.05) is 0 Å². The number of aryl methyl sites for hydroxylation is 2. The number of rotatable bonds is 2. The van der Waals surface area contributed by atoms with Crippen molar-refractivity contribution in [3.8, 4) is 5.69 Å². The fraction of sp³-hybridized carbons (Fsp3) is 0.538. The highest BCUT2D eigenvalue weighted by Crippen LogP contribution is 2.41. The largest absolute Gasteiger partial charge is 0.445 e. The van der Waals surface area contributed by atoms with Crippen LogP contribution in [0.3, 0.4) is 0 Å². The van der Waals surface area contributed by atoms with Crippen LogP contribution in [-0.2, 0) is 17.8 Å². The normalized spacial score (nSPS) is 20.2. The van der Waals surface area contributed by atoms with E-state index in [1.807, 2.05) is 52.8 Å². The van der Waals surface area contributed by atoms with Gasteiger partial charge in [-0.15, -0.1) is 10.2 Å². The molecule has 0 bridgehead atoms. The molecule has 0 saturated heterocycles. The molecule has 5 rings (SSSR count). The standard InChI is InChI=1S/C26H32ClN5O3/c1-15-16(2)34-24(28-15)18-8-6-17(7-9-18)23-30-29-22-14-31(25(33)35-26(3,4)5)13-19-12-20(27)10-11-21(19)32(22)23/h10-12,17-18H,6-9,13-14H2,1-5H3. The first-order valence-electron chi connectivity index (χ1n) is 12.2. The minimum absolute atomic E-state index is 0.265. The van der Waals surface area contributed by atoms with Gasteiger partial charge in [0, 0.05) is 16.9 Å². The van der Waals surface area contributed by atoms with Gasteiger partial charge < -0.3 is 9.15 Å². The Morgan fingerprint density at radius 1 is 1.09 bits per heavy atom. The van der Waals surface area contributed by atoms with Gasteiger partial charge in [-0.25, -0.2) is 9.78 Å². The number of nitrogens with zero attached hydrogens (tertiary/aromatic N) is 5. The highest BCUT2D eigenvalue weighted by molar-refractivity contribution is 6.30. The zero-order valence-electron chi connectivity index (χ0n) is 21.0. The summed E-state index contributed by atoms with van der Waals surface area (Å²) in [5, 5.41) is 9.79. The lowest BCUT2D eigenvalue weighted by Gasteiger charge is -2.26. The Morgan fingerprint density at radius 3 is 2.46 bits per heavy atom. The number of hydrogen-bond donors (Lipinski definition) is 0. The molecule has 0 unspecified atom stereocenters. The lowest BCUT2D eigenvalue weighted by Crippen LogP contribution is -2.35. The van der Waals surface area contributed by atoms with Gasteiger partial charge in [0.2, 0.25) is 0 Å². The third kappa shape index (κ3) is 4.81. The van der Waals surface area contributed by atoms with Gasteiger partial charge >= 0.3 is 6.09 Å². The van der Waals surface area contributed by atoms with Crippen LogP contribution in [0, 0.1) is 13.8 Å². The van der Waals surface area contributed by atoms with E-state index in [9.17, 15) is 4.79 Å². The minimum Gasteiger partial charge on any atom is -0.445 e. The first kappa shape index (κ1) is 23.9. The number of amides is 1. The monoisotopic (exact) mass is 497 g/mol. The fourth-order valence-electron chi connectivity index (χ4n) is 5.02. The zero-order chi connectivity index (χ0) is 24.9. The quantitative estimate of drug-likeness (QED) is 0.418. The summed E-state index contributed by atoms with van der Waals surface area (Å²) in [4.78, 5) is 19.3. The van der Waals surface area contributed by atoms with Crippen LogP contribution in [0.15, 0.2) is 22.6 Å². The third-order valence-electron chi connectivity index (χ3n) is 6.87. The fourth-order valence-corrected chi connectivity index (χ4v) is 5.21. The van der Waals surface area contributed by atoms with Crippen LogP contribution in [0.1, 0.15) is 92.8 Å². The molecule has 35 heavy (non-hydrogen) atoms. The first-order chi connectivity index (χ1) is 16.6. The van der Waals surface area contributed by atoms with Crippen molar-refractivity contribution in [2.24, 2.45) is 0 Å². The Morgan fingerprint density at radius 2 is 1.80 bits per heavy atom. The van der Waals surface area contributed by atoms with Gasteiger partial charge in [0.15, 0.2) is 11.7 Å². The Kier molecular flexibility index (Phi) is 6.11. The van der Waals surface area contributed by atoms with Gasteiger partial charge in [0.1, 0.15) is 17.2 Å². The molecule has 1 aliphatic carbocycles. The van der Waals surface area contributed by atoms with Crippen LogP contribution in [-0.4, -0.2) is 36.3 Å². The molecule has 1 aromatic carbocycles. The van der Waals surface area contributed by atoms with Gasteiger partial charge in [-0.1, -0.05) is 11.6 Å². The molecule has 0 radical (unpaired) electrons. The van der Waals surface area contributed by atoms with E-state index < -0.39 is 5.60 Å². The summed E-state index contributed by atoms with van der Waals surface area (Å²) in [6.07, 6.45) is 3.55. The average Bonchev–Trinajstić information content (AvgIpc) is 3.30. The van der Waals surface area contributed by atoms with Crippen molar-refractivity contribution in [3.05, 3.63) is 57.8 Å². The molecule has 1 saturated carbocycles. The van der Waals surface area contributed by atoms with Crippen LogP contribution in [0.5, 0.6) is 0 Å². The predicted octanol–water partition coefficient (Wildman–Crippen LogP) is 6.22. The third-order valence-corrected chi connectivity index (χ3v) is 7.10. The summed E-state index contributed by atoms with van der Waals surface area (Å²) in [7, 11) is 0. The number of benzene rings is 1. The van der Waals surface area contributed by atoms with Crippen molar-refractivity contribution >= 4 is 17.7 Å². The topological polar surface area (TPSA) is 86.3 Å². The van der Waals surface area contributed by atoms with Crippen LogP contribution >= 0.6 is 11.6 Å². The zero-order valence-corrected chi connectivity index (χ0v) is 21.7. The maximum atomic E-state index is 13.0. The van der Waals surface area contributed by atoms with Gasteiger partial charge in [0.05, 0.1) is 24.5 Å². The van der Waals surface area contributed by atoms with E-state index in [1.54, 1.807) is 4.90 Å². The van der Waals surface area contributed by atoms with Crippen molar-refractivity contribution in [2.45, 2.75) is 90.8 Å². The van der Waals surface area contributed by atoms with Crippen molar-refractivity contribution < 1.29 is 13.9 Å². The molecule has 0 spiro atoms. The predicted molar refractivity (Wildman–Crippen MR) is 132 cm³/mol. The number of oxazole rings is 1. The van der Waals surface area contributed by atoms with Crippen LogP contribution in [0.2, 0.25) is 5.02 Å². The number of halogens is 1. The lowest BCUT2D eigenvalue weighted by atomic mass is 9.81. The summed E-state index contributed by atoms with van der Waals surface area (Å²) >= 11 is 6.35. The van der Waals surface area contributed by atoms with Crippen LogP contribution in [0.25, 0.3) is 5.69 Å². The second-order valence-corrected chi connectivity index (χ2v) is 11.1. The number of ether oxygens (including phenoxy) is 1. The highest BCUT2D eigenvalue weighted by Gasteiger charge is 2.34. The van der Waals surface area contributed by atoms with E-state index in [2.05, 4.69) is 19.7 Å². The number of carbonyl (C=O) groups excluding carboxylic acids is 1. The van der Waals surface area contributed by atoms with Gasteiger partial charge in [0.25, 0.3) is 0 Å². The first-order valence-corrected chi connectivity index (χ1v) is 12.6. The maximum absolute atomic E-state index is 13.0. The number of hydrogen-bond acceptors (Lipinski definition) is 6. The Balaban J connectivity index is 1.44. The molecule has 1 aliphatic heterocycles. The van der Waals surface area contributed by atoms with Crippen LogP contribution < -0.4 is 0 Å². The maximum Gasteiger partial charge on any atom is 0.411 e. The smallest absolute Gasteiger partial charge is 0.411 e. The molecular weight excluding hydrogens is 466 g/mol. The summed E-state index contributed by atoms with van der Waals surface area (Å²) in [6, 6.07) is 5.79. The molecule has 2 aliphatic rings. The highest BCUT2D eigenvalue weighted by atomic mass is 35.5. The molecule has 186 valence electrons. The van der Waals surface area contributed by atoms with Gasteiger partial charge in [-0.2, -0.15) is 0 Å². The lowest BCUT2D eigenvalue weighted by molar-refractivity contribution is 0.0214. The Bertz CT molecular complexity index is 1230. The summed E-state index contributed by atoms with van der Waals surface area (Å²) in [5.41, 5.74) is 2.30. The molecule has 2 aromatic heterocycles. The minimum atomic E-state index is -0.585. The molecule has 0 N–H and O–H groups in total. The van der Waals surface area contributed by atoms with Gasteiger partial charge in [-0.05, 0) is 84.1 Å². The molecule has 9 heteroatoms. The number of fused-ring (bicyclic) bond motifs is 3. The van der Waals surface area contributed by atoms with E-state index in [1.165, 1.54) is 0 Å². The Labute approximate surface area is 210 Å². The molecule has 0 atom stereocenters. The molecular formula is C26H32ClN5O3.